The van der Waals surface area contributed by atoms with Gasteiger partial charge in [0.1, 0.15) is 23.0 Å². The van der Waals surface area contributed by atoms with E-state index in [0.717, 1.165) is 12.1 Å². The number of rotatable bonds is 9. The first-order valence-electron chi connectivity index (χ1n) is 9.89. The second-order valence-corrected chi connectivity index (χ2v) is 10.1. The van der Waals surface area contributed by atoms with Crippen molar-refractivity contribution in [3.8, 4) is 17.7 Å². The zero-order valence-corrected chi connectivity index (χ0v) is 20.2. The van der Waals surface area contributed by atoms with Crippen molar-refractivity contribution < 1.29 is 42.6 Å². The van der Waals surface area contributed by atoms with Gasteiger partial charge < -0.3 is 25.0 Å². The summed E-state index contributed by atoms with van der Waals surface area (Å²) in [6.07, 6.45) is 0.685. The Kier molecular flexibility index (Phi) is 8.13. The molecule has 2 rings (SSSR count). The summed E-state index contributed by atoms with van der Waals surface area (Å²) < 4.78 is 35.0. The molecule has 1 atom stereocenters. The summed E-state index contributed by atoms with van der Waals surface area (Å²) in [5.74, 6) is -4.86. The molecule has 192 valence electrons. The number of carbonyl (C=O) groups is 2. The molecule has 0 aliphatic heterocycles. The van der Waals surface area contributed by atoms with Gasteiger partial charge in [-0.25, -0.2) is 18.0 Å². The highest BCUT2D eigenvalue weighted by Gasteiger charge is 2.33. The van der Waals surface area contributed by atoms with E-state index in [4.69, 9.17) is 9.47 Å². The Bertz CT molecular complexity index is 1360. The normalized spacial score (nSPS) is 12.2. The van der Waals surface area contributed by atoms with Crippen molar-refractivity contribution in [3.63, 3.8) is 0 Å². The predicted octanol–water partition coefficient (Wildman–Crippen LogP) is 1.26. The first-order chi connectivity index (χ1) is 16.6. The van der Waals surface area contributed by atoms with Crippen molar-refractivity contribution >= 4 is 33.3 Å². The van der Waals surface area contributed by atoms with Crippen LogP contribution in [0, 0.1) is 21.4 Å². The molecule has 36 heavy (non-hydrogen) atoms. The number of aromatic nitrogens is 2. The van der Waals surface area contributed by atoms with Gasteiger partial charge in [0.15, 0.2) is 0 Å². The van der Waals surface area contributed by atoms with Crippen molar-refractivity contribution in [2.24, 2.45) is 0 Å². The van der Waals surface area contributed by atoms with Crippen LogP contribution in [0.5, 0.6) is 11.6 Å². The van der Waals surface area contributed by atoms with E-state index in [-0.39, 0.29) is 11.1 Å². The zero-order valence-electron chi connectivity index (χ0n) is 19.4. The number of hydrogen-bond donors (Lipinski definition) is 3. The molecule has 3 N–H and O–H groups in total. The van der Waals surface area contributed by atoms with E-state index < -0.39 is 73.2 Å². The number of ether oxygens (including phenoxy) is 2. The topological polar surface area (TPSA) is 232 Å². The number of carbonyl (C=O) groups excluding carboxylic acids is 1. The van der Waals surface area contributed by atoms with Crippen LogP contribution in [-0.4, -0.2) is 70.0 Å². The maximum Gasteiger partial charge on any atom is 0.373 e. The molecule has 0 aliphatic rings. The van der Waals surface area contributed by atoms with Crippen LogP contribution in [0.2, 0.25) is 0 Å². The standard InChI is InChI=1S/C20H21N5O10S/c1-20(2,3)35-18(29)11-6-5-10(8-21)7-13(11)34-16-14(25(30)31)15(22-12(9-26)17(27)28)23-19(24-16)36(4,32)33/h5-7,12,26H,9H2,1-4H3,(H,27,28)(H,22,23,24). The van der Waals surface area contributed by atoms with Gasteiger partial charge in [-0.3, -0.25) is 10.1 Å². The Balaban J connectivity index is 2.80. The van der Waals surface area contributed by atoms with Crippen LogP contribution >= 0.6 is 0 Å². The van der Waals surface area contributed by atoms with Crippen LogP contribution in [0.15, 0.2) is 23.4 Å². The SMILES string of the molecule is CC(C)(C)OC(=O)c1ccc(C#N)cc1Oc1nc(S(C)(=O)=O)nc(NC(CO)C(=O)O)c1[N+](=O)[O-]. The molecule has 2 aromatic rings. The van der Waals surface area contributed by atoms with Gasteiger partial charge in [0.25, 0.3) is 5.16 Å². The molecule has 1 unspecified atom stereocenters. The van der Waals surface area contributed by atoms with E-state index in [1.54, 1.807) is 26.8 Å². The Morgan fingerprint density at radius 3 is 2.42 bits per heavy atom. The number of sulfone groups is 1. The number of aliphatic hydroxyl groups excluding tert-OH is 1. The number of nitrogens with zero attached hydrogens (tertiary/aromatic N) is 4. The summed E-state index contributed by atoms with van der Waals surface area (Å²) in [5, 5.41) is 40.7. The van der Waals surface area contributed by atoms with E-state index >= 15 is 0 Å². The number of aliphatic hydroxyl groups is 1. The van der Waals surface area contributed by atoms with Gasteiger partial charge in [-0.1, -0.05) is 0 Å². The summed E-state index contributed by atoms with van der Waals surface area (Å²) in [4.78, 5) is 41.9. The number of carboxylic acid groups (broad SMARTS) is 1. The number of benzene rings is 1. The largest absolute Gasteiger partial charge is 0.480 e. The Labute approximate surface area is 204 Å². The van der Waals surface area contributed by atoms with Crippen molar-refractivity contribution in [3.05, 3.63) is 39.4 Å². The van der Waals surface area contributed by atoms with Gasteiger partial charge in [-0.15, -0.1) is 0 Å². The average Bonchev–Trinajstić information content (AvgIpc) is 2.74. The lowest BCUT2D eigenvalue weighted by atomic mass is 10.1. The number of aliphatic carboxylic acids is 1. The molecule has 0 amide bonds. The van der Waals surface area contributed by atoms with E-state index in [0.29, 0.717) is 6.26 Å². The fraction of sp³-hybridized carbons (Fsp3) is 0.350. The van der Waals surface area contributed by atoms with E-state index in [9.17, 15) is 43.6 Å². The fourth-order valence-corrected chi connectivity index (χ4v) is 3.06. The average molecular weight is 523 g/mol. The lowest BCUT2D eigenvalue weighted by Crippen LogP contribution is -2.33. The second-order valence-electron chi connectivity index (χ2n) is 8.18. The summed E-state index contributed by atoms with van der Waals surface area (Å²) in [6, 6.07) is 3.46. The van der Waals surface area contributed by atoms with Gasteiger partial charge in [-0.05, 0) is 39.0 Å². The molecule has 0 spiro atoms. The third-order valence-electron chi connectivity index (χ3n) is 4.07. The monoisotopic (exact) mass is 523 g/mol. The number of anilines is 1. The van der Waals surface area contributed by atoms with Crippen molar-refractivity contribution in [2.75, 3.05) is 18.2 Å². The molecule has 0 fully saturated rings. The Hall–Kier alpha value is -4.36. The molecular weight excluding hydrogens is 502 g/mol. The van der Waals surface area contributed by atoms with Gasteiger partial charge in [-0.2, -0.15) is 15.2 Å². The number of hydrogen-bond acceptors (Lipinski definition) is 13. The lowest BCUT2D eigenvalue weighted by Gasteiger charge is -2.20. The molecular formula is C20H21N5O10S. The van der Waals surface area contributed by atoms with Crippen molar-refractivity contribution in [2.45, 2.75) is 37.6 Å². The number of nitrogens with one attached hydrogen (secondary N) is 1. The van der Waals surface area contributed by atoms with Gasteiger partial charge in [0.2, 0.25) is 15.7 Å². The molecule has 1 aromatic carbocycles. The first kappa shape index (κ1) is 27.9. The van der Waals surface area contributed by atoms with Crippen molar-refractivity contribution in [1.29, 1.82) is 5.26 Å². The van der Waals surface area contributed by atoms with E-state index in [2.05, 4.69) is 15.3 Å². The molecule has 0 saturated carbocycles. The number of esters is 1. The Morgan fingerprint density at radius 1 is 1.31 bits per heavy atom. The molecule has 0 saturated heterocycles. The van der Waals surface area contributed by atoms with Crippen LogP contribution in [0.3, 0.4) is 0 Å². The lowest BCUT2D eigenvalue weighted by molar-refractivity contribution is -0.385. The highest BCUT2D eigenvalue weighted by molar-refractivity contribution is 7.90. The van der Waals surface area contributed by atoms with Crippen LogP contribution in [0.4, 0.5) is 11.5 Å². The van der Waals surface area contributed by atoms with Crippen molar-refractivity contribution in [1.82, 2.24) is 9.97 Å². The second kappa shape index (κ2) is 10.5. The highest BCUT2D eigenvalue weighted by Crippen LogP contribution is 2.37. The van der Waals surface area contributed by atoms with E-state index in [1.807, 2.05) is 0 Å². The summed E-state index contributed by atoms with van der Waals surface area (Å²) in [6.45, 7) is 3.72. The van der Waals surface area contributed by atoms with Crippen LogP contribution in [0.1, 0.15) is 36.7 Å². The van der Waals surface area contributed by atoms with Gasteiger partial charge in [0, 0.05) is 6.26 Å². The first-order valence-corrected chi connectivity index (χ1v) is 11.8. The predicted molar refractivity (Wildman–Crippen MR) is 120 cm³/mol. The minimum Gasteiger partial charge on any atom is -0.480 e. The smallest absolute Gasteiger partial charge is 0.373 e. The van der Waals surface area contributed by atoms with Gasteiger partial charge in [0.05, 0.1) is 23.2 Å². The van der Waals surface area contributed by atoms with Gasteiger partial charge >= 0.3 is 23.5 Å². The summed E-state index contributed by atoms with van der Waals surface area (Å²) in [5.41, 5.74) is -2.34. The number of nitriles is 1. The summed E-state index contributed by atoms with van der Waals surface area (Å²) >= 11 is 0. The maximum absolute atomic E-state index is 12.7. The third kappa shape index (κ3) is 6.84. The molecule has 0 bridgehead atoms. The molecule has 0 aliphatic carbocycles. The maximum atomic E-state index is 12.7. The van der Waals surface area contributed by atoms with Crippen LogP contribution in [-0.2, 0) is 19.4 Å². The minimum atomic E-state index is -4.23. The van der Waals surface area contributed by atoms with Crippen LogP contribution < -0.4 is 10.1 Å². The molecule has 15 nitrogen and oxygen atoms in total. The minimum absolute atomic E-state index is 0.0260. The Morgan fingerprint density at radius 2 is 1.94 bits per heavy atom. The molecule has 1 heterocycles. The van der Waals surface area contributed by atoms with E-state index in [1.165, 1.54) is 6.07 Å². The fourth-order valence-electron chi connectivity index (χ4n) is 2.55. The zero-order chi connectivity index (χ0) is 27.4. The third-order valence-corrected chi connectivity index (χ3v) is 4.92. The number of nitro groups is 1. The van der Waals surface area contributed by atoms with Crippen LogP contribution in [0.25, 0.3) is 0 Å². The molecule has 16 heteroatoms. The quantitative estimate of drug-likeness (QED) is 0.182. The summed E-state index contributed by atoms with van der Waals surface area (Å²) in [7, 11) is -4.23. The highest BCUT2D eigenvalue weighted by atomic mass is 32.2. The molecule has 0 radical (unpaired) electrons. The molecule has 1 aromatic heterocycles. The number of carboxylic acids is 1.